The van der Waals surface area contributed by atoms with E-state index >= 15 is 0 Å². The first kappa shape index (κ1) is 12.8. The second kappa shape index (κ2) is 5.15. The molecule has 1 aromatic carbocycles. The van der Waals surface area contributed by atoms with Gasteiger partial charge in [-0.05, 0) is 23.8 Å². The van der Waals surface area contributed by atoms with Crippen molar-refractivity contribution in [3.05, 3.63) is 78.4 Å². The molecule has 2 atom stereocenters. The summed E-state index contributed by atoms with van der Waals surface area (Å²) in [5.74, 6) is 1.37. The van der Waals surface area contributed by atoms with Gasteiger partial charge in [0.25, 0.3) is 0 Å². The number of nitrogens with zero attached hydrogens (tertiary/aromatic N) is 3. The molecule has 22 heavy (non-hydrogen) atoms. The molecule has 2 aromatic rings. The Kier molecular flexibility index (Phi) is 3.00. The minimum atomic E-state index is -0.0806. The largest absolute Gasteiger partial charge is 0.384 e. The molecule has 0 radical (unpaired) electrons. The van der Waals surface area contributed by atoms with Gasteiger partial charge in [-0.15, -0.1) is 0 Å². The molecule has 0 spiro atoms. The minimum Gasteiger partial charge on any atom is -0.384 e. The molecule has 108 valence electrons. The molecule has 1 aromatic heterocycles. The van der Waals surface area contributed by atoms with E-state index in [1.165, 1.54) is 0 Å². The zero-order chi connectivity index (χ0) is 14.9. The van der Waals surface area contributed by atoms with Gasteiger partial charge in [0.15, 0.2) is 0 Å². The molecule has 0 saturated carbocycles. The van der Waals surface area contributed by atoms with Gasteiger partial charge in [-0.1, -0.05) is 54.6 Å². The Morgan fingerprint density at radius 2 is 1.82 bits per heavy atom. The lowest BCUT2D eigenvalue weighted by Crippen LogP contribution is -2.36. The van der Waals surface area contributed by atoms with Crippen LogP contribution in [0.5, 0.6) is 0 Å². The number of aromatic nitrogens is 1. The molecule has 4 heteroatoms. The molecule has 2 aliphatic rings. The maximum absolute atomic E-state index is 5.87. The predicted octanol–water partition coefficient (Wildman–Crippen LogP) is 3.12. The molecule has 0 saturated heterocycles. The number of benzene rings is 1. The molecule has 2 unspecified atom stereocenters. The van der Waals surface area contributed by atoms with Crippen LogP contribution in [0.1, 0.15) is 11.7 Å². The number of fused-ring (bicyclic) bond motifs is 1. The van der Waals surface area contributed by atoms with E-state index in [9.17, 15) is 0 Å². The third kappa shape index (κ3) is 2.09. The summed E-state index contributed by atoms with van der Waals surface area (Å²) < 4.78 is 0. The zero-order valence-electron chi connectivity index (χ0n) is 12.0. The van der Waals surface area contributed by atoms with E-state index in [0.29, 0.717) is 5.82 Å². The van der Waals surface area contributed by atoms with Crippen molar-refractivity contribution >= 4 is 17.3 Å². The van der Waals surface area contributed by atoms with Crippen molar-refractivity contribution in [2.24, 2.45) is 4.99 Å². The van der Waals surface area contributed by atoms with E-state index in [0.717, 1.165) is 17.1 Å². The zero-order valence-corrected chi connectivity index (χ0v) is 12.0. The molecule has 2 heterocycles. The third-order valence-corrected chi connectivity index (χ3v) is 3.93. The Hall–Kier alpha value is -2.88. The van der Waals surface area contributed by atoms with Gasteiger partial charge in [-0.3, -0.25) is 4.99 Å². The predicted molar refractivity (Wildman–Crippen MR) is 89.8 cm³/mol. The number of nitrogens with two attached hydrogens (primary N) is 1. The summed E-state index contributed by atoms with van der Waals surface area (Å²) in [7, 11) is 0. The summed E-state index contributed by atoms with van der Waals surface area (Å²) >= 11 is 0. The smallest absolute Gasteiger partial charge is 0.149 e. The Morgan fingerprint density at radius 1 is 0.955 bits per heavy atom. The molecular formula is C18H16N4. The highest BCUT2D eigenvalue weighted by Gasteiger charge is 2.36. The molecule has 1 aliphatic carbocycles. The monoisotopic (exact) mass is 288 g/mol. The van der Waals surface area contributed by atoms with Crippen LogP contribution in [-0.4, -0.2) is 16.7 Å². The van der Waals surface area contributed by atoms with Crippen LogP contribution in [-0.2, 0) is 0 Å². The fraction of sp³-hybridized carbons (Fsp3) is 0.111. The standard InChI is InChI=1S/C18H16N4/c19-16-11-6-12-17(21-16)22-15-10-5-4-9-14(15)20-18(22)13-7-2-1-3-8-13/h1-12,15,18H,(H2,19,21). The van der Waals surface area contributed by atoms with Crippen LogP contribution in [0.15, 0.2) is 77.8 Å². The van der Waals surface area contributed by atoms with Crippen molar-refractivity contribution in [3.8, 4) is 0 Å². The van der Waals surface area contributed by atoms with Crippen molar-refractivity contribution in [3.63, 3.8) is 0 Å². The van der Waals surface area contributed by atoms with Crippen molar-refractivity contribution in [1.82, 2.24) is 4.98 Å². The average molecular weight is 288 g/mol. The van der Waals surface area contributed by atoms with Crippen LogP contribution in [0, 0.1) is 0 Å². The van der Waals surface area contributed by atoms with Crippen molar-refractivity contribution < 1.29 is 0 Å². The maximum atomic E-state index is 5.87. The Labute approximate surface area is 129 Å². The number of allylic oxidation sites excluding steroid dienone is 2. The number of hydrogen-bond acceptors (Lipinski definition) is 4. The van der Waals surface area contributed by atoms with Crippen LogP contribution in [0.4, 0.5) is 11.6 Å². The maximum Gasteiger partial charge on any atom is 0.149 e. The Morgan fingerprint density at radius 3 is 2.64 bits per heavy atom. The van der Waals surface area contributed by atoms with E-state index in [2.05, 4.69) is 40.2 Å². The van der Waals surface area contributed by atoms with E-state index in [4.69, 9.17) is 10.7 Å². The van der Waals surface area contributed by atoms with Gasteiger partial charge in [0.1, 0.15) is 17.8 Å². The minimum absolute atomic E-state index is 0.0806. The number of aliphatic imine (C=N–C) groups is 1. The third-order valence-electron chi connectivity index (χ3n) is 3.93. The normalized spacial score (nSPS) is 22.5. The fourth-order valence-electron chi connectivity index (χ4n) is 2.94. The number of hydrogen-bond donors (Lipinski definition) is 1. The first-order chi connectivity index (χ1) is 10.8. The van der Waals surface area contributed by atoms with E-state index in [1.807, 2.05) is 36.4 Å². The highest BCUT2D eigenvalue weighted by Crippen LogP contribution is 2.36. The van der Waals surface area contributed by atoms with Gasteiger partial charge in [-0.2, -0.15) is 0 Å². The topological polar surface area (TPSA) is 54.5 Å². The summed E-state index contributed by atoms with van der Waals surface area (Å²) in [6.45, 7) is 0. The molecule has 2 N–H and O–H groups in total. The summed E-state index contributed by atoms with van der Waals surface area (Å²) in [6.07, 6.45) is 8.20. The van der Waals surface area contributed by atoms with Gasteiger partial charge in [0, 0.05) is 0 Å². The van der Waals surface area contributed by atoms with E-state index in [1.54, 1.807) is 6.07 Å². The first-order valence-electron chi connectivity index (χ1n) is 7.31. The quantitative estimate of drug-likeness (QED) is 0.923. The van der Waals surface area contributed by atoms with Gasteiger partial charge in [0.2, 0.25) is 0 Å². The van der Waals surface area contributed by atoms with Crippen molar-refractivity contribution in [2.75, 3.05) is 10.6 Å². The van der Waals surface area contributed by atoms with Crippen LogP contribution in [0.25, 0.3) is 0 Å². The van der Waals surface area contributed by atoms with Crippen LogP contribution in [0.3, 0.4) is 0 Å². The summed E-state index contributed by atoms with van der Waals surface area (Å²) in [5, 5.41) is 0. The lowest BCUT2D eigenvalue weighted by Gasteiger charge is -2.30. The number of anilines is 2. The highest BCUT2D eigenvalue weighted by molar-refractivity contribution is 6.06. The van der Waals surface area contributed by atoms with Gasteiger partial charge >= 0.3 is 0 Å². The van der Waals surface area contributed by atoms with Crippen LogP contribution in [0.2, 0.25) is 0 Å². The summed E-state index contributed by atoms with van der Waals surface area (Å²) in [6, 6.07) is 16.1. The van der Waals surface area contributed by atoms with Gasteiger partial charge in [-0.25, -0.2) is 4.98 Å². The molecule has 0 fully saturated rings. The number of nitrogen functional groups attached to an aromatic ring is 1. The molecule has 4 rings (SSSR count). The molecular weight excluding hydrogens is 272 g/mol. The summed E-state index contributed by atoms with van der Waals surface area (Å²) in [5.41, 5.74) is 8.08. The molecule has 0 bridgehead atoms. The van der Waals surface area contributed by atoms with Crippen LogP contribution >= 0.6 is 0 Å². The van der Waals surface area contributed by atoms with Crippen molar-refractivity contribution in [2.45, 2.75) is 12.2 Å². The average Bonchev–Trinajstić information content (AvgIpc) is 2.95. The van der Waals surface area contributed by atoms with E-state index < -0.39 is 0 Å². The molecule has 0 amide bonds. The van der Waals surface area contributed by atoms with Gasteiger partial charge < -0.3 is 10.6 Å². The first-order valence-corrected chi connectivity index (χ1v) is 7.31. The van der Waals surface area contributed by atoms with Crippen LogP contribution < -0.4 is 10.6 Å². The molecule has 1 aliphatic heterocycles. The SMILES string of the molecule is Nc1cccc(N2C3C=CC=CC3=NC2c2ccccc2)n1. The lowest BCUT2D eigenvalue weighted by atomic mass is 10.1. The molecule has 4 nitrogen and oxygen atoms in total. The second-order valence-electron chi connectivity index (χ2n) is 5.36. The van der Waals surface area contributed by atoms with E-state index in [-0.39, 0.29) is 12.2 Å². The van der Waals surface area contributed by atoms with Crippen molar-refractivity contribution in [1.29, 1.82) is 0 Å². The number of rotatable bonds is 2. The lowest BCUT2D eigenvalue weighted by molar-refractivity contribution is 0.686. The van der Waals surface area contributed by atoms with Gasteiger partial charge in [0.05, 0.1) is 11.8 Å². The highest BCUT2D eigenvalue weighted by atomic mass is 15.3. The summed E-state index contributed by atoms with van der Waals surface area (Å²) in [4.78, 5) is 11.6. The fourth-order valence-corrected chi connectivity index (χ4v) is 2.94. The number of pyridine rings is 1. The Bertz CT molecular complexity index is 777. The Balaban J connectivity index is 1.82. The second-order valence-corrected chi connectivity index (χ2v) is 5.36.